The quantitative estimate of drug-likeness (QED) is 0.119. The lowest BCUT2D eigenvalue weighted by Crippen LogP contribution is -2.33. The van der Waals surface area contributed by atoms with Crippen molar-refractivity contribution in [2.45, 2.75) is 13.8 Å². The number of nitro benzene ring substituents is 1. The number of nitrogens with one attached hydrogen (secondary N) is 2. The van der Waals surface area contributed by atoms with E-state index in [0.29, 0.717) is 17.0 Å². The normalized spacial score (nSPS) is 10.9. The number of amides is 2. The van der Waals surface area contributed by atoms with Gasteiger partial charge >= 0.3 is 17.8 Å². The molecule has 0 atom stereocenters. The first-order chi connectivity index (χ1) is 16.6. The number of carbonyl (C=O) groups is 3. The standard InChI is InChI=1S/C24H19BrN4O6/c1-14-13-18(25)7-12-21(14)26-22(30)23(31)28-27-15(2)16-5-10-20(11-6-16)35-24(32)17-3-8-19(9-4-17)29(33)34/h3-13H,1-2H3,(H,26,30)(H,28,31)/b27-15+. The number of ether oxygens (including phenoxy) is 1. The van der Waals surface area contributed by atoms with Gasteiger partial charge in [-0.1, -0.05) is 15.9 Å². The molecule has 0 radical (unpaired) electrons. The van der Waals surface area contributed by atoms with Crippen molar-refractivity contribution in [3.8, 4) is 5.75 Å². The van der Waals surface area contributed by atoms with Crippen LogP contribution in [-0.4, -0.2) is 28.4 Å². The van der Waals surface area contributed by atoms with E-state index in [1.54, 1.807) is 38.1 Å². The van der Waals surface area contributed by atoms with Gasteiger partial charge in [-0.25, -0.2) is 10.2 Å². The summed E-state index contributed by atoms with van der Waals surface area (Å²) in [6.07, 6.45) is 0. The molecule has 35 heavy (non-hydrogen) atoms. The molecule has 3 aromatic rings. The number of hydrazone groups is 1. The van der Waals surface area contributed by atoms with Crippen molar-refractivity contribution >= 4 is 50.8 Å². The van der Waals surface area contributed by atoms with Crippen molar-refractivity contribution in [3.05, 3.63) is 98.0 Å². The molecular weight excluding hydrogens is 520 g/mol. The molecule has 0 saturated carbocycles. The molecule has 0 aliphatic rings. The van der Waals surface area contributed by atoms with Crippen molar-refractivity contribution in [2.75, 3.05) is 5.32 Å². The van der Waals surface area contributed by atoms with Crippen LogP contribution in [0.4, 0.5) is 11.4 Å². The molecule has 0 aliphatic carbocycles. The lowest BCUT2D eigenvalue weighted by Gasteiger charge is -2.08. The van der Waals surface area contributed by atoms with Crippen LogP contribution in [0.15, 0.2) is 76.3 Å². The lowest BCUT2D eigenvalue weighted by molar-refractivity contribution is -0.384. The Morgan fingerprint density at radius 1 is 0.943 bits per heavy atom. The third kappa shape index (κ3) is 6.81. The van der Waals surface area contributed by atoms with Crippen LogP contribution in [0.2, 0.25) is 0 Å². The molecule has 0 fully saturated rings. The van der Waals surface area contributed by atoms with Crippen LogP contribution in [0.25, 0.3) is 0 Å². The summed E-state index contributed by atoms with van der Waals surface area (Å²) in [4.78, 5) is 46.6. The molecule has 0 spiro atoms. The van der Waals surface area contributed by atoms with Crippen molar-refractivity contribution in [3.63, 3.8) is 0 Å². The molecule has 178 valence electrons. The van der Waals surface area contributed by atoms with Gasteiger partial charge in [0.25, 0.3) is 5.69 Å². The average molecular weight is 539 g/mol. The van der Waals surface area contributed by atoms with Gasteiger partial charge in [0.1, 0.15) is 5.75 Å². The van der Waals surface area contributed by atoms with E-state index in [9.17, 15) is 24.5 Å². The Hall–Kier alpha value is -4.38. The predicted octanol–water partition coefficient (Wildman–Crippen LogP) is 4.36. The molecule has 0 heterocycles. The number of benzene rings is 3. The molecule has 2 N–H and O–H groups in total. The first kappa shape index (κ1) is 25.2. The van der Waals surface area contributed by atoms with Gasteiger partial charge in [0.15, 0.2) is 0 Å². The summed E-state index contributed by atoms with van der Waals surface area (Å²) in [6, 6.07) is 16.6. The Morgan fingerprint density at radius 3 is 2.17 bits per heavy atom. The van der Waals surface area contributed by atoms with Crippen LogP contribution in [0.3, 0.4) is 0 Å². The fraction of sp³-hybridized carbons (Fsp3) is 0.0833. The number of aryl methyl sites for hydroxylation is 1. The minimum Gasteiger partial charge on any atom is -0.423 e. The highest BCUT2D eigenvalue weighted by molar-refractivity contribution is 9.10. The number of halogens is 1. The van der Waals surface area contributed by atoms with E-state index in [1.165, 1.54) is 36.4 Å². The fourth-order valence-corrected chi connectivity index (χ4v) is 3.32. The SMILES string of the molecule is C/C(=N\NC(=O)C(=O)Nc1ccc(Br)cc1C)c1ccc(OC(=O)c2ccc([N+](=O)[O-])cc2)cc1. The number of hydrogen-bond donors (Lipinski definition) is 2. The highest BCUT2D eigenvalue weighted by Crippen LogP contribution is 2.20. The molecule has 0 bridgehead atoms. The zero-order valence-electron chi connectivity index (χ0n) is 18.6. The monoisotopic (exact) mass is 538 g/mol. The van der Waals surface area contributed by atoms with Crippen LogP contribution < -0.4 is 15.5 Å². The van der Waals surface area contributed by atoms with Crippen molar-refractivity contribution in [2.24, 2.45) is 5.10 Å². The van der Waals surface area contributed by atoms with E-state index in [-0.39, 0.29) is 17.0 Å². The molecule has 3 aromatic carbocycles. The molecule has 2 amide bonds. The highest BCUT2D eigenvalue weighted by Gasteiger charge is 2.15. The fourth-order valence-electron chi connectivity index (χ4n) is 2.85. The van der Waals surface area contributed by atoms with Crippen LogP contribution in [0.5, 0.6) is 5.75 Å². The molecule has 0 aliphatic heterocycles. The second kappa shape index (κ2) is 11.2. The van der Waals surface area contributed by atoms with Gasteiger partial charge in [0.2, 0.25) is 0 Å². The Kier molecular flexibility index (Phi) is 8.05. The zero-order chi connectivity index (χ0) is 25.5. The maximum Gasteiger partial charge on any atom is 0.343 e. The Balaban J connectivity index is 1.57. The number of non-ortho nitro benzene ring substituents is 1. The molecule has 3 rings (SSSR count). The van der Waals surface area contributed by atoms with E-state index in [0.717, 1.165) is 10.0 Å². The van der Waals surface area contributed by atoms with Gasteiger partial charge < -0.3 is 10.1 Å². The van der Waals surface area contributed by atoms with Gasteiger partial charge in [0.05, 0.1) is 16.2 Å². The number of esters is 1. The van der Waals surface area contributed by atoms with E-state index in [2.05, 4.69) is 31.8 Å². The number of carbonyl (C=O) groups excluding carboxylic acids is 3. The van der Waals surface area contributed by atoms with Crippen LogP contribution >= 0.6 is 15.9 Å². The summed E-state index contributed by atoms with van der Waals surface area (Å²) >= 11 is 3.33. The smallest absolute Gasteiger partial charge is 0.343 e. The second-order valence-corrected chi connectivity index (χ2v) is 8.19. The van der Waals surface area contributed by atoms with Gasteiger partial charge in [-0.15, -0.1) is 0 Å². The molecule has 0 unspecified atom stereocenters. The molecule has 11 heteroatoms. The maximum atomic E-state index is 12.2. The summed E-state index contributed by atoms with van der Waals surface area (Å²) in [5.41, 5.74) is 4.57. The number of rotatable bonds is 6. The van der Waals surface area contributed by atoms with Gasteiger partial charge in [-0.05, 0) is 79.6 Å². The summed E-state index contributed by atoms with van der Waals surface area (Å²) in [6.45, 7) is 3.43. The Morgan fingerprint density at radius 2 is 1.57 bits per heavy atom. The molecule has 0 saturated heterocycles. The highest BCUT2D eigenvalue weighted by atomic mass is 79.9. The van der Waals surface area contributed by atoms with E-state index in [4.69, 9.17) is 4.74 Å². The first-order valence-electron chi connectivity index (χ1n) is 10.1. The van der Waals surface area contributed by atoms with Gasteiger partial charge in [-0.3, -0.25) is 19.7 Å². The number of anilines is 1. The predicted molar refractivity (Wildman–Crippen MR) is 132 cm³/mol. The van der Waals surface area contributed by atoms with Crippen LogP contribution in [0.1, 0.15) is 28.4 Å². The van der Waals surface area contributed by atoms with E-state index in [1.807, 2.05) is 6.07 Å². The average Bonchev–Trinajstić information content (AvgIpc) is 2.84. The third-order valence-corrected chi connectivity index (χ3v) is 5.26. The Labute approximate surface area is 208 Å². The molecule has 10 nitrogen and oxygen atoms in total. The van der Waals surface area contributed by atoms with Crippen LogP contribution in [0, 0.1) is 17.0 Å². The largest absolute Gasteiger partial charge is 0.423 e. The van der Waals surface area contributed by atoms with Gasteiger partial charge in [0, 0.05) is 22.3 Å². The molecule has 0 aromatic heterocycles. The zero-order valence-corrected chi connectivity index (χ0v) is 20.2. The van der Waals surface area contributed by atoms with E-state index < -0.39 is 22.7 Å². The van der Waals surface area contributed by atoms with Crippen molar-refractivity contribution in [1.82, 2.24) is 5.43 Å². The summed E-state index contributed by atoms with van der Waals surface area (Å²) < 4.78 is 6.12. The Bertz CT molecular complexity index is 1320. The minimum atomic E-state index is -0.930. The van der Waals surface area contributed by atoms with Crippen molar-refractivity contribution < 1.29 is 24.0 Å². The second-order valence-electron chi connectivity index (χ2n) is 7.27. The topological polar surface area (TPSA) is 140 Å². The summed E-state index contributed by atoms with van der Waals surface area (Å²) in [5, 5.41) is 17.2. The van der Waals surface area contributed by atoms with Crippen LogP contribution in [-0.2, 0) is 9.59 Å². The summed E-state index contributed by atoms with van der Waals surface area (Å²) in [7, 11) is 0. The number of nitro groups is 1. The summed E-state index contributed by atoms with van der Waals surface area (Å²) in [5.74, 6) is -2.21. The number of hydrogen-bond acceptors (Lipinski definition) is 7. The third-order valence-electron chi connectivity index (χ3n) is 4.76. The lowest BCUT2D eigenvalue weighted by atomic mass is 10.1. The number of nitrogens with zero attached hydrogens (tertiary/aromatic N) is 2. The van der Waals surface area contributed by atoms with Gasteiger partial charge in [-0.2, -0.15) is 5.10 Å². The van der Waals surface area contributed by atoms with Crippen molar-refractivity contribution in [1.29, 1.82) is 0 Å². The van der Waals surface area contributed by atoms with E-state index >= 15 is 0 Å². The maximum absolute atomic E-state index is 12.2. The first-order valence-corrected chi connectivity index (χ1v) is 10.9. The molecular formula is C24H19BrN4O6. The minimum absolute atomic E-state index is 0.131.